The molecule has 0 saturated carbocycles. The second-order valence-electron chi connectivity index (χ2n) is 4.13. The molecule has 94 valence electrons. The Morgan fingerprint density at radius 2 is 1.79 bits per heavy atom. The van der Waals surface area contributed by atoms with Crippen molar-refractivity contribution in [3.8, 4) is 0 Å². The third-order valence-electron chi connectivity index (χ3n) is 2.81. The Bertz CT molecular complexity index is 759. The van der Waals surface area contributed by atoms with Crippen molar-refractivity contribution in [1.29, 1.82) is 0 Å². The van der Waals surface area contributed by atoms with Crippen LogP contribution in [0.5, 0.6) is 0 Å². The van der Waals surface area contributed by atoms with Crippen molar-refractivity contribution in [1.82, 2.24) is 0 Å². The highest BCUT2D eigenvalue weighted by atomic mass is 79.9. The predicted octanol–water partition coefficient (Wildman–Crippen LogP) is 4.57. The van der Waals surface area contributed by atoms with Crippen molar-refractivity contribution >= 4 is 32.7 Å². The van der Waals surface area contributed by atoms with Gasteiger partial charge in [-0.3, -0.25) is 4.79 Å². The molecule has 0 saturated heterocycles. The first-order chi connectivity index (χ1) is 9.13. The molecular formula is C15H8BrFO2. The zero-order valence-electron chi connectivity index (χ0n) is 9.69. The third-order valence-corrected chi connectivity index (χ3v) is 3.34. The standard InChI is InChI=1S/C15H8BrFO2/c16-11-3-1-9(2-4-11)15(18)14-8-10-7-12(17)5-6-13(10)19-14/h1-8H. The van der Waals surface area contributed by atoms with Gasteiger partial charge in [-0.15, -0.1) is 0 Å². The van der Waals surface area contributed by atoms with E-state index in [1.54, 1.807) is 30.3 Å². The maximum atomic E-state index is 13.1. The number of benzene rings is 2. The van der Waals surface area contributed by atoms with Crippen LogP contribution < -0.4 is 0 Å². The van der Waals surface area contributed by atoms with E-state index in [1.807, 2.05) is 0 Å². The van der Waals surface area contributed by atoms with Gasteiger partial charge in [0.2, 0.25) is 5.78 Å². The number of fused-ring (bicyclic) bond motifs is 1. The molecule has 0 unspecified atom stereocenters. The van der Waals surface area contributed by atoms with E-state index in [4.69, 9.17) is 4.42 Å². The average molecular weight is 319 g/mol. The van der Waals surface area contributed by atoms with Gasteiger partial charge in [0.15, 0.2) is 5.76 Å². The number of carbonyl (C=O) groups excluding carboxylic acids is 1. The van der Waals surface area contributed by atoms with E-state index in [2.05, 4.69) is 15.9 Å². The number of carbonyl (C=O) groups is 1. The summed E-state index contributed by atoms with van der Waals surface area (Å²) in [5.74, 6) is -0.358. The molecule has 19 heavy (non-hydrogen) atoms. The van der Waals surface area contributed by atoms with E-state index in [9.17, 15) is 9.18 Å². The van der Waals surface area contributed by atoms with Crippen molar-refractivity contribution in [2.24, 2.45) is 0 Å². The highest BCUT2D eigenvalue weighted by Gasteiger charge is 2.14. The fourth-order valence-corrected chi connectivity index (χ4v) is 2.13. The molecule has 4 heteroatoms. The van der Waals surface area contributed by atoms with Gasteiger partial charge >= 0.3 is 0 Å². The van der Waals surface area contributed by atoms with E-state index in [1.165, 1.54) is 18.2 Å². The Kier molecular flexibility index (Phi) is 2.95. The molecule has 3 rings (SSSR count). The third kappa shape index (κ3) is 2.31. The Morgan fingerprint density at radius 3 is 2.53 bits per heavy atom. The summed E-state index contributed by atoms with van der Waals surface area (Å²) >= 11 is 3.31. The molecule has 2 nitrogen and oxygen atoms in total. The van der Waals surface area contributed by atoms with Gasteiger partial charge in [0.05, 0.1) is 0 Å². The molecule has 1 aromatic heterocycles. The minimum atomic E-state index is -0.351. The minimum absolute atomic E-state index is 0.211. The summed E-state index contributed by atoms with van der Waals surface area (Å²) in [5, 5.41) is 0.584. The van der Waals surface area contributed by atoms with Crippen LogP contribution >= 0.6 is 15.9 Å². The van der Waals surface area contributed by atoms with Crippen LogP contribution in [0.1, 0.15) is 16.1 Å². The number of rotatable bonds is 2. The molecule has 0 N–H and O–H groups in total. The van der Waals surface area contributed by atoms with Gasteiger partial charge in [-0.25, -0.2) is 4.39 Å². The van der Waals surface area contributed by atoms with Crippen LogP contribution in [0.15, 0.2) is 57.4 Å². The molecule has 0 fully saturated rings. The van der Waals surface area contributed by atoms with Crippen molar-refractivity contribution in [2.75, 3.05) is 0 Å². The largest absolute Gasteiger partial charge is 0.453 e. The van der Waals surface area contributed by atoms with Crippen LogP contribution in [0.2, 0.25) is 0 Å². The Labute approximate surface area is 117 Å². The van der Waals surface area contributed by atoms with Crippen LogP contribution in [0.4, 0.5) is 4.39 Å². The first kappa shape index (κ1) is 12.1. The highest BCUT2D eigenvalue weighted by molar-refractivity contribution is 9.10. The number of halogens is 2. The number of hydrogen-bond donors (Lipinski definition) is 0. The van der Waals surface area contributed by atoms with Crippen LogP contribution in [0.25, 0.3) is 11.0 Å². The van der Waals surface area contributed by atoms with Crippen LogP contribution in [0.3, 0.4) is 0 Å². The summed E-state index contributed by atoms with van der Waals surface area (Å²) in [5.41, 5.74) is 1.03. The molecule has 3 aromatic rings. The van der Waals surface area contributed by atoms with E-state index in [0.717, 1.165) is 4.47 Å². The lowest BCUT2D eigenvalue weighted by Crippen LogP contribution is -1.98. The van der Waals surface area contributed by atoms with Crippen molar-refractivity contribution in [3.63, 3.8) is 0 Å². The quantitative estimate of drug-likeness (QED) is 0.648. The van der Waals surface area contributed by atoms with Crippen molar-refractivity contribution in [3.05, 3.63) is 70.1 Å². The van der Waals surface area contributed by atoms with Gasteiger partial charge in [0.1, 0.15) is 11.4 Å². The van der Waals surface area contributed by atoms with E-state index in [-0.39, 0.29) is 17.4 Å². The lowest BCUT2D eigenvalue weighted by Gasteiger charge is -1.97. The molecule has 0 aliphatic heterocycles. The Hall–Kier alpha value is -1.94. The normalized spacial score (nSPS) is 10.8. The average Bonchev–Trinajstić information content (AvgIpc) is 2.81. The molecule has 0 bridgehead atoms. The number of furan rings is 1. The molecular weight excluding hydrogens is 311 g/mol. The summed E-state index contributed by atoms with van der Waals surface area (Å²) < 4.78 is 19.4. The van der Waals surface area contributed by atoms with Crippen molar-refractivity contribution < 1.29 is 13.6 Å². The van der Waals surface area contributed by atoms with Crippen LogP contribution in [-0.4, -0.2) is 5.78 Å². The summed E-state index contributed by atoms with van der Waals surface area (Å²) in [4.78, 5) is 12.2. The smallest absolute Gasteiger partial charge is 0.228 e. The Morgan fingerprint density at radius 1 is 1.05 bits per heavy atom. The van der Waals surface area contributed by atoms with E-state index < -0.39 is 0 Å². The topological polar surface area (TPSA) is 30.2 Å². The SMILES string of the molecule is O=C(c1ccc(Br)cc1)c1cc2cc(F)ccc2o1. The predicted molar refractivity (Wildman–Crippen MR) is 73.7 cm³/mol. The maximum Gasteiger partial charge on any atom is 0.228 e. The zero-order valence-corrected chi connectivity index (χ0v) is 11.3. The second kappa shape index (κ2) is 4.63. The molecule has 0 atom stereocenters. The van der Waals surface area contributed by atoms with Crippen LogP contribution in [0, 0.1) is 5.82 Å². The molecule has 0 amide bonds. The number of ketones is 1. The van der Waals surface area contributed by atoms with Gasteiger partial charge in [-0.05, 0) is 48.5 Å². The molecule has 0 spiro atoms. The molecule has 2 aromatic carbocycles. The van der Waals surface area contributed by atoms with E-state index in [0.29, 0.717) is 16.5 Å². The Balaban J connectivity index is 2.04. The van der Waals surface area contributed by atoms with Gasteiger partial charge in [-0.2, -0.15) is 0 Å². The minimum Gasteiger partial charge on any atom is -0.453 e. The molecule has 0 aliphatic rings. The first-order valence-corrected chi connectivity index (χ1v) is 6.42. The molecule has 0 radical (unpaired) electrons. The summed E-state index contributed by atoms with van der Waals surface area (Å²) in [6.45, 7) is 0. The lowest BCUT2D eigenvalue weighted by molar-refractivity contribution is 0.101. The maximum absolute atomic E-state index is 13.1. The monoisotopic (exact) mass is 318 g/mol. The van der Waals surface area contributed by atoms with Crippen LogP contribution in [-0.2, 0) is 0 Å². The summed E-state index contributed by atoms with van der Waals surface area (Å²) in [6, 6.07) is 12.7. The highest BCUT2D eigenvalue weighted by Crippen LogP contribution is 2.23. The summed E-state index contributed by atoms with van der Waals surface area (Å²) in [7, 11) is 0. The van der Waals surface area contributed by atoms with Gasteiger partial charge in [0.25, 0.3) is 0 Å². The second-order valence-corrected chi connectivity index (χ2v) is 5.04. The van der Waals surface area contributed by atoms with E-state index >= 15 is 0 Å². The van der Waals surface area contributed by atoms with Gasteiger partial charge < -0.3 is 4.42 Å². The lowest BCUT2D eigenvalue weighted by atomic mass is 10.1. The fourth-order valence-electron chi connectivity index (χ4n) is 1.87. The number of hydrogen-bond acceptors (Lipinski definition) is 2. The molecule has 0 aliphatic carbocycles. The van der Waals surface area contributed by atoms with Crippen molar-refractivity contribution in [2.45, 2.75) is 0 Å². The fraction of sp³-hybridized carbons (Fsp3) is 0. The summed E-state index contributed by atoms with van der Waals surface area (Å²) in [6.07, 6.45) is 0. The first-order valence-electron chi connectivity index (χ1n) is 5.63. The van der Waals surface area contributed by atoms with Gasteiger partial charge in [0, 0.05) is 15.4 Å². The zero-order chi connectivity index (χ0) is 13.4. The van der Waals surface area contributed by atoms with Gasteiger partial charge in [-0.1, -0.05) is 15.9 Å². The molecule has 1 heterocycles.